The first-order valence-electron chi connectivity index (χ1n) is 12.0. The molecule has 0 aliphatic rings. The van der Waals surface area contributed by atoms with Gasteiger partial charge in [0, 0.05) is 5.33 Å². The second-order valence-corrected chi connectivity index (χ2v) is 8.87. The summed E-state index contributed by atoms with van der Waals surface area (Å²) >= 11 is 3.46. The molecule has 0 atom stereocenters. The molecule has 27 heavy (non-hydrogen) atoms. The predicted molar refractivity (Wildman–Crippen MR) is 123 cm³/mol. The lowest BCUT2D eigenvalue weighted by atomic mass is 9.94. The van der Waals surface area contributed by atoms with Crippen LogP contribution in [0.25, 0.3) is 0 Å². The molecule has 0 aromatic carbocycles. The van der Waals surface area contributed by atoms with Crippen molar-refractivity contribution >= 4 is 21.9 Å². The van der Waals surface area contributed by atoms with E-state index in [2.05, 4.69) is 29.8 Å². The van der Waals surface area contributed by atoms with Gasteiger partial charge in [-0.25, -0.2) is 0 Å². The zero-order chi connectivity index (χ0) is 20.0. The van der Waals surface area contributed by atoms with Gasteiger partial charge in [0.25, 0.3) is 0 Å². The van der Waals surface area contributed by atoms with Gasteiger partial charge >= 0.3 is 5.97 Å². The second-order valence-electron chi connectivity index (χ2n) is 8.08. The number of esters is 1. The highest BCUT2D eigenvalue weighted by atomic mass is 79.9. The lowest BCUT2D eigenvalue weighted by molar-refractivity contribution is -0.149. The van der Waals surface area contributed by atoms with E-state index in [-0.39, 0.29) is 11.9 Å². The quantitative estimate of drug-likeness (QED) is 0.100. The first-order chi connectivity index (χ1) is 13.3. The largest absolute Gasteiger partial charge is 0.465 e. The molecule has 0 aliphatic carbocycles. The summed E-state index contributed by atoms with van der Waals surface area (Å²) in [5.41, 5.74) is 0. The van der Waals surface area contributed by atoms with E-state index in [1.54, 1.807) is 0 Å². The summed E-state index contributed by atoms with van der Waals surface area (Å²) in [6.07, 6.45) is 22.2. The molecule has 3 heteroatoms. The fraction of sp³-hybridized carbons (Fsp3) is 0.958. The Morgan fingerprint density at radius 1 is 0.667 bits per heavy atom. The minimum Gasteiger partial charge on any atom is -0.465 e. The number of alkyl halides is 1. The Balaban J connectivity index is 4.02. The average Bonchev–Trinajstić information content (AvgIpc) is 2.68. The molecule has 0 spiro atoms. The van der Waals surface area contributed by atoms with Crippen LogP contribution in [-0.2, 0) is 9.53 Å². The summed E-state index contributed by atoms with van der Waals surface area (Å²) in [4.78, 5) is 12.5. The first-order valence-corrected chi connectivity index (χ1v) is 13.1. The highest BCUT2D eigenvalue weighted by Crippen LogP contribution is 2.21. The standard InChI is InChI=1S/C24H47BrO2/c1-3-5-7-9-11-15-19-23(20-16-12-10-8-6-4-2)24(26)27-22-18-14-13-17-21-25/h23H,3-22H2,1-2H3. The molecule has 0 aromatic rings. The molecule has 0 saturated heterocycles. The Kier molecular flexibility index (Phi) is 22.2. The van der Waals surface area contributed by atoms with Crippen molar-refractivity contribution in [3.05, 3.63) is 0 Å². The van der Waals surface area contributed by atoms with Crippen LogP contribution < -0.4 is 0 Å². The van der Waals surface area contributed by atoms with Gasteiger partial charge in [0.05, 0.1) is 12.5 Å². The van der Waals surface area contributed by atoms with Gasteiger partial charge in [0.1, 0.15) is 0 Å². The van der Waals surface area contributed by atoms with Crippen molar-refractivity contribution < 1.29 is 9.53 Å². The van der Waals surface area contributed by atoms with Crippen molar-refractivity contribution in [3.63, 3.8) is 0 Å². The van der Waals surface area contributed by atoms with Gasteiger partial charge in [-0.05, 0) is 25.7 Å². The Morgan fingerprint density at radius 3 is 1.63 bits per heavy atom. The number of halogens is 1. The molecule has 0 fully saturated rings. The molecule has 0 heterocycles. The molecule has 0 bridgehead atoms. The van der Waals surface area contributed by atoms with Crippen LogP contribution in [-0.4, -0.2) is 17.9 Å². The van der Waals surface area contributed by atoms with Crippen molar-refractivity contribution in [3.8, 4) is 0 Å². The third-order valence-electron chi connectivity index (χ3n) is 5.42. The fourth-order valence-corrected chi connectivity index (χ4v) is 3.96. The minimum absolute atomic E-state index is 0.0811. The molecule has 162 valence electrons. The van der Waals surface area contributed by atoms with Gasteiger partial charge in [-0.3, -0.25) is 4.79 Å². The average molecular weight is 448 g/mol. The number of ether oxygens (including phenoxy) is 1. The van der Waals surface area contributed by atoms with Crippen LogP contribution in [0, 0.1) is 5.92 Å². The Labute approximate surface area is 178 Å². The van der Waals surface area contributed by atoms with Crippen molar-refractivity contribution in [2.45, 2.75) is 129 Å². The highest BCUT2D eigenvalue weighted by Gasteiger charge is 2.19. The van der Waals surface area contributed by atoms with E-state index >= 15 is 0 Å². The third-order valence-corrected chi connectivity index (χ3v) is 5.98. The molecule has 0 unspecified atom stereocenters. The van der Waals surface area contributed by atoms with Gasteiger partial charge in [0.15, 0.2) is 0 Å². The smallest absolute Gasteiger partial charge is 0.308 e. The summed E-state index contributed by atoms with van der Waals surface area (Å²) in [5.74, 6) is 0.225. The monoisotopic (exact) mass is 446 g/mol. The van der Waals surface area contributed by atoms with Crippen LogP contribution in [0.3, 0.4) is 0 Å². The zero-order valence-corrected chi connectivity index (χ0v) is 20.0. The van der Waals surface area contributed by atoms with Gasteiger partial charge in [-0.1, -0.05) is 120 Å². The molecular formula is C24H47BrO2. The van der Waals surface area contributed by atoms with Crippen LogP contribution in [0.2, 0.25) is 0 Å². The summed E-state index contributed by atoms with van der Waals surface area (Å²) < 4.78 is 5.62. The van der Waals surface area contributed by atoms with Gasteiger partial charge in [-0.2, -0.15) is 0 Å². The molecular weight excluding hydrogens is 400 g/mol. The number of hydrogen-bond acceptors (Lipinski definition) is 2. The Morgan fingerprint density at radius 2 is 1.11 bits per heavy atom. The molecule has 0 amide bonds. The van der Waals surface area contributed by atoms with Crippen LogP contribution in [0.1, 0.15) is 129 Å². The summed E-state index contributed by atoms with van der Waals surface area (Å²) in [5, 5.41) is 1.07. The summed E-state index contributed by atoms with van der Waals surface area (Å²) in [7, 11) is 0. The van der Waals surface area contributed by atoms with E-state index in [1.807, 2.05) is 0 Å². The maximum Gasteiger partial charge on any atom is 0.308 e. The van der Waals surface area contributed by atoms with Crippen LogP contribution in [0.5, 0.6) is 0 Å². The number of rotatable bonds is 21. The Hall–Kier alpha value is -0.0500. The SMILES string of the molecule is CCCCCCCCC(CCCCCCCC)C(=O)OCCCCCCBr. The fourth-order valence-electron chi connectivity index (χ4n) is 3.56. The maximum atomic E-state index is 12.5. The number of hydrogen-bond donors (Lipinski definition) is 0. The molecule has 0 saturated carbocycles. The lowest BCUT2D eigenvalue weighted by Crippen LogP contribution is -2.18. The van der Waals surface area contributed by atoms with Crippen molar-refractivity contribution in [2.75, 3.05) is 11.9 Å². The first kappa shape index (κ1) is 27.0. The van der Waals surface area contributed by atoms with Crippen LogP contribution in [0.4, 0.5) is 0 Å². The van der Waals surface area contributed by atoms with E-state index in [4.69, 9.17) is 4.74 Å². The van der Waals surface area contributed by atoms with E-state index in [0.717, 1.165) is 24.6 Å². The van der Waals surface area contributed by atoms with Crippen LogP contribution in [0.15, 0.2) is 0 Å². The number of unbranched alkanes of at least 4 members (excludes halogenated alkanes) is 13. The number of carbonyl (C=O) groups is 1. The van der Waals surface area contributed by atoms with Gasteiger partial charge < -0.3 is 4.74 Å². The van der Waals surface area contributed by atoms with Gasteiger partial charge in [0.2, 0.25) is 0 Å². The predicted octanol–water partition coefficient (Wildman–Crippen LogP) is 8.60. The van der Waals surface area contributed by atoms with E-state index in [9.17, 15) is 4.79 Å². The summed E-state index contributed by atoms with van der Waals surface area (Å²) in [6, 6.07) is 0. The molecule has 0 radical (unpaired) electrons. The number of carbonyl (C=O) groups excluding carboxylic acids is 1. The van der Waals surface area contributed by atoms with Crippen molar-refractivity contribution in [1.82, 2.24) is 0 Å². The minimum atomic E-state index is 0.0811. The van der Waals surface area contributed by atoms with Crippen molar-refractivity contribution in [2.24, 2.45) is 5.92 Å². The summed E-state index contributed by atoms with van der Waals surface area (Å²) in [6.45, 7) is 5.13. The van der Waals surface area contributed by atoms with Crippen molar-refractivity contribution in [1.29, 1.82) is 0 Å². The topological polar surface area (TPSA) is 26.3 Å². The molecule has 2 nitrogen and oxygen atoms in total. The maximum absolute atomic E-state index is 12.5. The highest BCUT2D eigenvalue weighted by molar-refractivity contribution is 9.09. The van der Waals surface area contributed by atoms with E-state index in [1.165, 1.54) is 96.3 Å². The Bertz CT molecular complexity index is 291. The van der Waals surface area contributed by atoms with E-state index in [0.29, 0.717) is 6.61 Å². The molecule has 0 aliphatic heterocycles. The molecule has 0 rings (SSSR count). The normalized spacial score (nSPS) is 11.3. The molecule has 0 aromatic heterocycles. The van der Waals surface area contributed by atoms with E-state index < -0.39 is 0 Å². The molecule has 0 N–H and O–H groups in total. The zero-order valence-electron chi connectivity index (χ0n) is 18.4. The third kappa shape index (κ3) is 19.1. The lowest BCUT2D eigenvalue weighted by Gasteiger charge is -2.16. The van der Waals surface area contributed by atoms with Gasteiger partial charge in [-0.15, -0.1) is 0 Å². The van der Waals surface area contributed by atoms with Crippen LogP contribution >= 0.6 is 15.9 Å². The second kappa shape index (κ2) is 22.2.